The Balaban J connectivity index is 1.42. The molecule has 0 saturated heterocycles. The number of nitrogens with one attached hydrogen (secondary N) is 1. The molecule has 0 fully saturated rings. The molecule has 1 N–H and O–H groups in total. The molecule has 0 spiro atoms. The van der Waals surface area contributed by atoms with E-state index in [4.69, 9.17) is 4.74 Å². The predicted molar refractivity (Wildman–Crippen MR) is 107 cm³/mol. The van der Waals surface area contributed by atoms with Crippen LogP contribution < -0.4 is 10.1 Å². The topological polar surface area (TPSA) is 81.9 Å². The average Bonchev–Trinajstić information content (AvgIpc) is 3.39. The van der Waals surface area contributed by atoms with Gasteiger partial charge in [0.25, 0.3) is 5.91 Å². The molecular formula is C20H17N5O2S. The lowest BCUT2D eigenvalue weighted by Gasteiger charge is -2.09. The summed E-state index contributed by atoms with van der Waals surface area (Å²) in [4.78, 5) is 25.3. The molecule has 4 rings (SSSR count). The fourth-order valence-corrected chi connectivity index (χ4v) is 3.16. The van der Waals surface area contributed by atoms with Gasteiger partial charge in [-0.3, -0.25) is 9.36 Å². The number of hydrogen-bond acceptors (Lipinski definition) is 6. The van der Waals surface area contributed by atoms with Crippen molar-refractivity contribution in [2.24, 2.45) is 0 Å². The average molecular weight is 391 g/mol. The van der Waals surface area contributed by atoms with E-state index >= 15 is 0 Å². The van der Waals surface area contributed by atoms with Gasteiger partial charge in [0.1, 0.15) is 24.0 Å². The van der Waals surface area contributed by atoms with Crippen LogP contribution in [0.4, 0.5) is 5.69 Å². The second-order valence-electron chi connectivity index (χ2n) is 6.00. The maximum Gasteiger partial charge on any atom is 0.255 e. The van der Waals surface area contributed by atoms with Gasteiger partial charge in [0.15, 0.2) is 0 Å². The Bertz CT molecular complexity index is 1070. The summed E-state index contributed by atoms with van der Waals surface area (Å²) in [5.41, 5.74) is 3.74. The summed E-state index contributed by atoms with van der Waals surface area (Å²) in [5.74, 6) is 1.97. The van der Waals surface area contributed by atoms with Gasteiger partial charge >= 0.3 is 0 Å². The summed E-state index contributed by atoms with van der Waals surface area (Å²) in [6.45, 7) is 2.27. The monoisotopic (exact) mass is 391 g/mol. The first-order valence-electron chi connectivity index (χ1n) is 8.57. The summed E-state index contributed by atoms with van der Waals surface area (Å²) in [6.07, 6.45) is 5.18. The Labute approximate surface area is 165 Å². The SMILES string of the molecule is Cc1nccn1-c1ccc(NC(=O)c2cccc(OCc3cscn3)c2)cn1. The number of benzene rings is 1. The van der Waals surface area contributed by atoms with Crippen molar-refractivity contribution in [3.8, 4) is 11.6 Å². The van der Waals surface area contributed by atoms with E-state index in [1.165, 1.54) is 11.3 Å². The highest BCUT2D eigenvalue weighted by Crippen LogP contribution is 2.17. The van der Waals surface area contributed by atoms with Crippen molar-refractivity contribution in [1.82, 2.24) is 19.5 Å². The van der Waals surface area contributed by atoms with Crippen LogP contribution in [0.25, 0.3) is 5.82 Å². The number of pyridine rings is 1. The zero-order valence-electron chi connectivity index (χ0n) is 15.1. The molecule has 3 heterocycles. The van der Waals surface area contributed by atoms with Crippen molar-refractivity contribution in [1.29, 1.82) is 0 Å². The number of aromatic nitrogens is 4. The number of thiazole rings is 1. The third-order valence-electron chi connectivity index (χ3n) is 4.04. The molecule has 7 nitrogen and oxygen atoms in total. The van der Waals surface area contributed by atoms with Crippen molar-refractivity contribution in [2.45, 2.75) is 13.5 Å². The van der Waals surface area contributed by atoms with Crippen LogP contribution in [0, 0.1) is 6.92 Å². The number of anilines is 1. The van der Waals surface area contributed by atoms with Crippen LogP contribution in [0.3, 0.4) is 0 Å². The van der Waals surface area contributed by atoms with E-state index in [0.29, 0.717) is 23.6 Å². The third kappa shape index (κ3) is 4.07. The number of ether oxygens (including phenoxy) is 1. The smallest absolute Gasteiger partial charge is 0.255 e. The quantitative estimate of drug-likeness (QED) is 0.540. The van der Waals surface area contributed by atoms with Crippen molar-refractivity contribution < 1.29 is 9.53 Å². The molecule has 140 valence electrons. The van der Waals surface area contributed by atoms with Gasteiger partial charge in [-0.05, 0) is 37.3 Å². The fourth-order valence-electron chi connectivity index (χ4n) is 2.62. The molecule has 0 aliphatic rings. The van der Waals surface area contributed by atoms with Crippen molar-refractivity contribution in [3.63, 3.8) is 0 Å². The van der Waals surface area contributed by atoms with Crippen molar-refractivity contribution >= 4 is 22.9 Å². The van der Waals surface area contributed by atoms with Gasteiger partial charge < -0.3 is 10.1 Å². The van der Waals surface area contributed by atoms with Gasteiger partial charge in [-0.2, -0.15) is 0 Å². The maximum atomic E-state index is 12.5. The maximum absolute atomic E-state index is 12.5. The fraction of sp³-hybridized carbons (Fsp3) is 0.100. The van der Waals surface area contributed by atoms with E-state index in [0.717, 1.165) is 17.3 Å². The third-order valence-corrected chi connectivity index (χ3v) is 4.68. The molecule has 0 bridgehead atoms. The lowest BCUT2D eigenvalue weighted by atomic mass is 10.2. The normalized spacial score (nSPS) is 10.6. The highest BCUT2D eigenvalue weighted by molar-refractivity contribution is 7.07. The van der Waals surface area contributed by atoms with Crippen LogP contribution in [-0.2, 0) is 6.61 Å². The molecule has 28 heavy (non-hydrogen) atoms. The van der Waals surface area contributed by atoms with Gasteiger partial charge in [-0.25, -0.2) is 15.0 Å². The number of carbonyl (C=O) groups excluding carboxylic acids is 1. The Morgan fingerprint density at radius 2 is 2.14 bits per heavy atom. The first-order valence-corrected chi connectivity index (χ1v) is 9.51. The van der Waals surface area contributed by atoms with Crippen molar-refractivity contribution in [2.75, 3.05) is 5.32 Å². The standard InChI is InChI=1S/C20H17N5O2S/c1-14-21-7-8-25(14)19-6-5-16(10-22-19)24-20(26)15-3-2-4-18(9-15)27-11-17-12-28-13-23-17/h2-10,12-13H,11H2,1H3,(H,24,26). The highest BCUT2D eigenvalue weighted by Gasteiger charge is 2.09. The minimum absolute atomic E-state index is 0.229. The molecule has 0 unspecified atom stereocenters. The number of amides is 1. The van der Waals surface area contributed by atoms with Gasteiger partial charge in [0.05, 0.1) is 23.1 Å². The second kappa shape index (κ2) is 8.01. The van der Waals surface area contributed by atoms with Crippen LogP contribution in [-0.4, -0.2) is 25.4 Å². The Hall–Kier alpha value is -3.52. The van der Waals surface area contributed by atoms with E-state index in [9.17, 15) is 4.79 Å². The zero-order valence-corrected chi connectivity index (χ0v) is 15.9. The highest BCUT2D eigenvalue weighted by atomic mass is 32.1. The Morgan fingerprint density at radius 3 is 2.86 bits per heavy atom. The molecule has 3 aromatic heterocycles. The van der Waals surface area contributed by atoms with E-state index in [-0.39, 0.29) is 5.91 Å². The van der Waals surface area contributed by atoms with Gasteiger partial charge in [-0.1, -0.05) is 6.07 Å². The van der Waals surface area contributed by atoms with Gasteiger partial charge in [-0.15, -0.1) is 11.3 Å². The molecule has 1 aromatic carbocycles. The van der Waals surface area contributed by atoms with Gasteiger partial charge in [0.2, 0.25) is 0 Å². The van der Waals surface area contributed by atoms with Crippen molar-refractivity contribution in [3.05, 3.63) is 83.0 Å². The van der Waals surface area contributed by atoms with Crippen LogP contribution in [0.15, 0.2) is 65.9 Å². The largest absolute Gasteiger partial charge is 0.487 e. The minimum atomic E-state index is -0.229. The number of nitrogens with zero attached hydrogens (tertiary/aromatic N) is 4. The summed E-state index contributed by atoms with van der Waals surface area (Å²) in [5, 5.41) is 4.78. The second-order valence-corrected chi connectivity index (χ2v) is 6.72. The van der Waals surface area contributed by atoms with E-state index in [1.54, 1.807) is 36.1 Å². The number of hydrogen-bond donors (Lipinski definition) is 1. The lowest BCUT2D eigenvalue weighted by Crippen LogP contribution is -2.12. The molecule has 8 heteroatoms. The number of aryl methyl sites for hydroxylation is 1. The van der Waals surface area contributed by atoms with Crippen LogP contribution >= 0.6 is 11.3 Å². The van der Waals surface area contributed by atoms with E-state index in [2.05, 4.69) is 20.3 Å². The summed E-state index contributed by atoms with van der Waals surface area (Å²) < 4.78 is 7.57. The molecular weight excluding hydrogens is 374 g/mol. The molecule has 4 aromatic rings. The van der Waals surface area contributed by atoms with Crippen LogP contribution in [0.1, 0.15) is 21.9 Å². The van der Waals surface area contributed by atoms with E-state index in [1.807, 2.05) is 41.3 Å². The zero-order chi connectivity index (χ0) is 19.3. The molecule has 0 aliphatic carbocycles. The molecule has 0 aliphatic heterocycles. The van der Waals surface area contributed by atoms with Gasteiger partial charge in [0, 0.05) is 23.3 Å². The Morgan fingerprint density at radius 1 is 1.21 bits per heavy atom. The first kappa shape index (κ1) is 17.9. The predicted octanol–water partition coefficient (Wildman–Crippen LogP) is 3.86. The minimum Gasteiger partial charge on any atom is -0.487 e. The molecule has 0 saturated carbocycles. The number of carbonyl (C=O) groups is 1. The van der Waals surface area contributed by atoms with Crippen LogP contribution in [0.5, 0.6) is 5.75 Å². The molecule has 0 radical (unpaired) electrons. The van der Waals surface area contributed by atoms with E-state index < -0.39 is 0 Å². The first-order chi connectivity index (χ1) is 13.7. The molecule has 1 amide bonds. The van der Waals surface area contributed by atoms with Crippen LogP contribution in [0.2, 0.25) is 0 Å². The molecule has 0 atom stereocenters. The number of rotatable bonds is 6. The summed E-state index contributed by atoms with van der Waals surface area (Å²) >= 11 is 1.52. The Kier molecular flexibility index (Phi) is 5.11. The number of imidazole rings is 1. The summed E-state index contributed by atoms with van der Waals surface area (Å²) in [6, 6.07) is 10.7. The lowest BCUT2D eigenvalue weighted by molar-refractivity contribution is 0.102. The summed E-state index contributed by atoms with van der Waals surface area (Å²) in [7, 11) is 0.